The van der Waals surface area contributed by atoms with Gasteiger partial charge in [-0.1, -0.05) is 0 Å². The highest BCUT2D eigenvalue weighted by Crippen LogP contribution is 2.31. The Morgan fingerprint density at radius 3 is 2.75 bits per heavy atom. The predicted molar refractivity (Wildman–Crippen MR) is 44.6 cm³/mol. The van der Waals surface area contributed by atoms with Gasteiger partial charge in [-0.25, -0.2) is 8.78 Å². The van der Waals surface area contributed by atoms with E-state index in [9.17, 15) is 8.78 Å². The molecule has 0 aliphatic carbocycles. The fourth-order valence-electron chi connectivity index (χ4n) is 1.24. The van der Waals surface area contributed by atoms with Crippen LogP contribution in [0.15, 0.2) is 11.4 Å². The van der Waals surface area contributed by atoms with Crippen LogP contribution in [0.3, 0.4) is 0 Å². The summed E-state index contributed by atoms with van der Waals surface area (Å²) in [5, 5.41) is 4.99. The molecule has 12 heavy (non-hydrogen) atoms. The molecule has 1 aliphatic heterocycles. The van der Waals surface area contributed by atoms with Crippen molar-refractivity contribution < 1.29 is 8.78 Å². The number of nitrogens with one attached hydrogen (secondary N) is 1. The van der Waals surface area contributed by atoms with Gasteiger partial charge in [0.25, 0.3) is 6.43 Å². The van der Waals surface area contributed by atoms with Gasteiger partial charge >= 0.3 is 0 Å². The van der Waals surface area contributed by atoms with Crippen LogP contribution in [-0.4, -0.2) is 6.54 Å². The predicted octanol–water partition coefficient (Wildman–Crippen LogP) is 2.72. The van der Waals surface area contributed by atoms with Crippen molar-refractivity contribution in [3.8, 4) is 0 Å². The van der Waals surface area contributed by atoms with E-state index in [1.807, 2.05) is 5.38 Å². The average Bonchev–Trinajstić information content (AvgIpc) is 2.32. The second-order valence-corrected chi connectivity index (χ2v) is 3.82. The lowest BCUT2D eigenvalue weighted by Gasteiger charge is -2.26. The van der Waals surface area contributed by atoms with Crippen LogP contribution < -0.4 is 5.32 Å². The van der Waals surface area contributed by atoms with Crippen LogP contribution in [0.4, 0.5) is 8.78 Å². The smallest absolute Gasteiger partial charge is 0.272 e. The van der Waals surface area contributed by atoms with E-state index in [0.717, 1.165) is 29.9 Å². The highest BCUT2D eigenvalue weighted by atomic mass is 32.1. The van der Waals surface area contributed by atoms with Gasteiger partial charge < -0.3 is 5.32 Å². The quantitative estimate of drug-likeness (QED) is 0.754. The summed E-state index contributed by atoms with van der Waals surface area (Å²) in [6, 6.07) is 1.93. The normalized spacial score (nSPS) is 22.8. The van der Waals surface area contributed by atoms with Gasteiger partial charge in [0, 0.05) is 6.04 Å². The lowest BCUT2D eigenvalue weighted by atomic mass is 10.0. The van der Waals surface area contributed by atoms with Crippen LogP contribution in [0.25, 0.3) is 0 Å². The van der Waals surface area contributed by atoms with E-state index in [1.54, 1.807) is 6.07 Å². The Labute approximate surface area is 73.4 Å². The highest BCUT2D eigenvalue weighted by molar-refractivity contribution is 7.10. The topological polar surface area (TPSA) is 12.0 Å². The van der Waals surface area contributed by atoms with Gasteiger partial charge in [-0.3, -0.25) is 0 Å². The molecule has 0 radical (unpaired) electrons. The fourth-order valence-corrected chi connectivity index (χ4v) is 2.05. The molecule has 0 spiro atoms. The van der Waals surface area contributed by atoms with E-state index in [0.29, 0.717) is 6.04 Å². The van der Waals surface area contributed by atoms with Crippen LogP contribution in [0.5, 0.6) is 0 Å². The van der Waals surface area contributed by atoms with E-state index in [4.69, 9.17) is 0 Å². The second kappa shape index (κ2) is 3.11. The molecule has 0 bridgehead atoms. The van der Waals surface area contributed by atoms with E-state index in [1.165, 1.54) is 0 Å². The third-order valence-corrected chi connectivity index (χ3v) is 3.04. The van der Waals surface area contributed by atoms with Crippen LogP contribution >= 0.6 is 11.3 Å². The summed E-state index contributed by atoms with van der Waals surface area (Å²) in [5.74, 6) is 0. The van der Waals surface area contributed by atoms with Crippen LogP contribution in [0.2, 0.25) is 0 Å². The molecule has 4 heteroatoms. The first-order valence-corrected chi connectivity index (χ1v) is 4.75. The first-order chi connectivity index (χ1) is 5.77. The molecular weight excluding hydrogens is 180 g/mol. The fraction of sp³-hybridized carbons (Fsp3) is 0.500. The van der Waals surface area contributed by atoms with Crippen molar-refractivity contribution in [1.29, 1.82) is 0 Å². The summed E-state index contributed by atoms with van der Waals surface area (Å²) < 4.78 is 24.3. The molecule has 1 fully saturated rings. The van der Waals surface area contributed by atoms with Crippen molar-refractivity contribution >= 4 is 11.3 Å². The minimum atomic E-state index is -2.32. The van der Waals surface area contributed by atoms with E-state index >= 15 is 0 Å². The van der Waals surface area contributed by atoms with Crippen LogP contribution in [0.1, 0.15) is 29.3 Å². The molecule has 1 N–H and O–H groups in total. The van der Waals surface area contributed by atoms with Gasteiger partial charge in [-0.2, -0.15) is 0 Å². The third kappa shape index (κ3) is 1.36. The van der Waals surface area contributed by atoms with Gasteiger partial charge in [-0.05, 0) is 30.0 Å². The summed E-state index contributed by atoms with van der Waals surface area (Å²) in [7, 11) is 0. The number of halogens is 2. The third-order valence-electron chi connectivity index (χ3n) is 2.08. The lowest BCUT2D eigenvalue weighted by Crippen LogP contribution is -2.34. The summed E-state index contributed by atoms with van der Waals surface area (Å²) in [5.41, 5.74) is 1.02. The maximum atomic E-state index is 12.2. The van der Waals surface area contributed by atoms with Crippen molar-refractivity contribution in [3.63, 3.8) is 0 Å². The zero-order valence-electron chi connectivity index (χ0n) is 6.39. The summed E-state index contributed by atoms with van der Waals surface area (Å²) >= 11 is 1.15. The molecule has 0 aromatic carbocycles. The average molecular weight is 189 g/mol. The van der Waals surface area contributed by atoms with Crippen molar-refractivity contribution in [2.45, 2.75) is 18.9 Å². The molecule has 0 saturated carbocycles. The van der Waals surface area contributed by atoms with Crippen LogP contribution in [0, 0.1) is 0 Å². The Morgan fingerprint density at radius 1 is 1.58 bits per heavy atom. The van der Waals surface area contributed by atoms with Crippen molar-refractivity contribution in [2.75, 3.05) is 6.54 Å². The zero-order valence-corrected chi connectivity index (χ0v) is 7.20. The number of thiophene rings is 1. The Bertz CT molecular complexity index is 268. The van der Waals surface area contributed by atoms with E-state index < -0.39 is 6.43 Å². The Balaban J connectivity index is 2.12. The van der Waals surface area contributed by atoms with Crippen molar-refractivity contribution in [3.05, 3.63) is 21.9 Å². The standard InChI is InChI=1S/C8H9F2NS/c9-8(10)7-3-5(4-12-7)6-1-2-11-6/h3-4,6,8,11H,1-2H2. The van der Waals surface area contributed by atoms with Crippen molar-refractivity contribution in [2.24, 2.45) is 0 Å². The first kappa shape index (κ1) is 8.13. The van der Waals surface area contributed by atoms with Gasteiger partial charge in [0.2, 0.25) is 0 Å². The SMILES string of the molecule is FC(F)c1cc(C2CCN2)cs1. The first-order valence-electron chi connectivity index (χ1n) is 3.87. The molecule has 0 amide bonds. The second-order valence-electron chi connectivity index (χ2n) is 2.88. The molecule has 1 unspecified atom stereocenters. The molecule has 1 atom stereocenters. The minimum Gasteiger partial charge on any atom is -0.310 e. The highest BCUT2D eigenvalue weighted by Gasteiger charge is 2.21. The zero-order chi connectivity index (χ0) is 8.55. The maximum Gasteiger partial charge on any atom is 0.272 e. The lowest BCUT2D eigenvalue weighted by molar-refractivity contribution is 0.155. The summed E-state index contributed by atoms with van der Waals surface area (Å²) in [6.07, 6.45) is -1.25. The van der Waals surface area contributed by atoms with E-state index in [-0.39, 0.29) is 4.88 Å². The molecule has 1 aliphatic rings. The Kier molecular flexibility index (Phi) is 2.11. The molecule has 2 heterocycles. The largest absolute Gasteiger partial charge is 0.310 e. The minimum absolute atomic E-state index is 0.179. The molecule has 1 nitrogen and oxygen atoms in total. The molecule has 2 rings (SSSR count). The van der Waals surface area contributed by atoms with E-state index in [2.05, 4.69) is 5.32 Å². The summed E-state index contributed by atoms with van der Waals surface area (Å²) in [6.45, 7) is 1.00. The number of alkyl halides is 2. The van der Waals surface area contributed by atoms with Gasteiger partial charge in [0.05, 0.1) is 4.88 Å². The molecular formula is C8H9F2NS. The van der Waals surface area contributed by atoms with Gasteiger partial charge in [-0.15, -0.1) is 11.3 Å². The number of rotatable bonds is 2. The molecule has 66 valence electrons. The van der Waals surface area contributed by atoms with Crippen molar-refractivity contribution in [1.82, 2.24) is 5.32 Å². The Hall–Kier alpha value is -0.480. The number of hydrogen-bond acceptors (Lipinski definition) is 2. The molecule has 1 saturated heterocycles. The van der Waals surface area contributed by atoms with Crippen LogP contribution in [-0.2, 0) is 0 Å². The number of hydrogen-bond donors (Lipinski definition) is 1. The Morgan fingerprint density at radius 2 is 2.33 bits per heavy atom. The monoisotopic (exact) mass is 189 g/mol. The summed E-state index contributed by atoms with van der Waals surface area (Å²) in [4.78, 5) is 0.179. The maximum absolute atomic E-state index is 12.2. The molecule has 1 aromatic rings. The molecule has 1 aromatic heterocycles. The van der Waals surface area contributed by atoms with Gasteiger partial charge in [0.1, 0.15) is 0 Å². The van der Waals surface area contributed by atoms with Gasteiger partial charge in [0.15, 0.2) is 0 Å².